The van der Waals surface area contributed by atoms with Crippen LogP contribution in [0.1, 0.15) is 46.0 Å². The Balaban J connectivity index is 2.14. The Morgan fingerprint density at radius 2 is 2.21 bits per heavy atom. The Morgan fingerprint density at radius 3 is 2.89 bits per heavy atom. The van der Waals surface area contributed by atoms with Crippen molar-refractivity contribution in [1.29, 1.82) is 0 Å². The van der Waals surface area contributed by atoms with Gasteiger partial charge in [0.2, 0.25) is 5.91 Å². The van der Waals surface area contributed by atoms with Crippen molar-refractivity contribution in [3.05, 3.63) is 0 Å². The highest BCUT2D eigenvalue weighted by Crippen LogP contribution is 2.30. The molecule has 1 rings (SSSR count). The van der Waals surface area contributed by atoms with Crippen molar-refractivity contribution in [2.45, 2.75) is 46.0 Å². The fourth-order valence-electron chi connectivity index (χ4n) is 2.74. The van der Waals surface area contributed by atoms with Crippen LogP contribution < -0.4 is 11.1 Å². The summed E-state index contributed by atoms with van der Waals surface area (Å²) in [7, 11) is 0. The highest BCUT2D eigenvalue weighted by Gasteiger charge is 2.26. The number of carbonyl (C=O) groups is 1. The molecule has 1 aliphatic carbocycles. The fraction of sp³-hybridized carbons (Fsp3) is 0.933. The summed E-state index contributed by atoms with van der Waals surface area (Å²) in [5, 5.41) is 2.99. The molecule has 1 fully saturated rings. The van der Waals surface area contributed by atoms with Gasteiger partial charge in [-0.1, -0.05) is 26.7 Å². The first-order chi connectivity index (χ1) is 9.13. The average Bonchev–Trinajstić information content (AvgIpc) is 2.38. The molecule has 0 aromatic rings. The van der Waals surface area contributed by atoms with Crippen LogP contribution in [0.5, 0.6) is 0 Å². The molecule has 0 aromatic heterocycles. The van der Waals surface area contributed by atoms with Crippen LogP contribution in [-0.2, 0) is 9.53 Å². The third-order valence-corrected chi connectivity index (χ3v) is 3.73. The predicted molar refractivity (Wildman–Crippen MR) is 77.8 cm³/mol. The second kappa shape index (κ2) is 9.32. The zero-order chi connectivity index (χ0) is 14.1. The van der Waals surface area contributed by atoms with Crippen molar-refractivity contribution in [2.75, 3.05) is 26.3 Å². The van der Waals surface area contributed by atoms with Gasteiger partial charge in [0.1, 0.15) is 0 Å². The van der Waals surface area contributed by atoms with E-state index in [4.69, 9.17) is 10.5 Å². The van der Waals surface area contributed by atoms with Crippen molar-refractivity contribution in [3.8, 4) is 0 Å². The van der Waals surface area contributed by atoms with Gasteiger partial charge in [-0.3, -0.25) is 4.79 Å². The van der Waals surface area contributed by atoms with Crippen molar-refractivity contribution < 1.29 is 9.53 Å². The lowest BCUT2D eigenvalue weighted by atomic mass is 9.79. The molecular weight excluding hydrogens is 240 g/mol. The van der Waals surface area contributed by atoms with Gasteiger partial charge in [-0.15, -0.1) is 0 Å². The molecule has 3 N–H and O–H groups in total. The lowest BCUT2D eigenvalue weighted by Crippen LogP contribution is -2.36. The quantitative estimate of drug-likeness (QED) is 0.662. The molecule has 1 saturated carbocycles. The zero-order valence-electron chi connectivity index (χ0n) is 12.5. The highest BCUT2D eigenvalue weighted by atomic mass is 16.5. The van der Waals surface area contributed by atoms with Gasteiger partial charge >= 0.3 is 0 Å². The molecule has 2 unspecified atom stereocenters. The maximum Gasteiger partial charge on any atom is 0.223 e. The molecule has 2 atom stereocenters. The van der Waals surface area contributed by atoms with Crippen LogP contribution >= 0.6 is 0 Å². The molecule has 1 amide bonds. The van der Waals surface area contributed by atoms with E-state index in [1.54, 1.807) is 0 Å². The maximum atomic E-state index is 12.0. The number of nitrogens with two attached hydrogens (primary N) is 1. The first-order valence-electron chi connectivity index (χ1n) is 7.69. The van der Waals surface area contributed by atoms with E-state index in [1.165, 1.54) is 6.42 Å². The van der Waals surface area contributed by atoms with Gasteiger partial charge in [0.05, 0.1) is 6.61 Å². The van der Waals surface area contributed by atoms with E-state index < -0.39 is 0 Å². The first-order valence-corrected chi connectivity index (χ1v) is 7.69. The predicted octanol–water partition coefficient (Wildman–Crippen LogP) is 1.93. The van der Waals surface area contributed by atoms with Crippen LogP contribution in [0.2, 0.25) is 0 Å². The van der Waals surface area contributed by atoms with E-state index in [0.717, 1.165) is 38.8 Å². The largest absolute Gasteiger partial charge is 0.379 e. The van der Waals surface area contributed by atoms with Gasteiger partial charge in [-0.25, -0.2) is 0 Å². The number of carbonyl (C=O) groups excluding carboxylic acids is 1. The number of rotatable bonds is 8. The van der Waals surface area contributed by atoms with E-state index in [0.29, 0.717) is 25.0 Å². The van der Waals surface area contributed by atoms with E-state index in [9.17, 15) is 4.79 Å². The lowest BCUT2D eigenvalue weighted by Gasteiger charge is -2.28. The maximum absolute atomic E-state index is 12.0. The summed E-state index contributed by atoms with van der Waals surface area (Å²) in [6, 6.07) is 0. The minimum atomic E-state index is 0.190. The summed E-state index contributed by atoms with van der Waals surface area (Å²) >= 11 is 0. The summed E-state index contributed by atoms with van der Waals surface area (Å²) < 4.78 is 5.46. The topological polar surface area (TPSA) is 64.3 Å². The molecule has 4 nitrogen and oxygen atoms in total. The first kappa shape index (κ1) is 16.4. The van der Waals surface area contributed by atoms with Crippen molar-refractivity contribution >= 4 is 5.91 Å². The lowest BCUT2D eigenvalue weighted by molar-refractivity contribution is -0.126. The summed E-state index contributed by atoms with van der Waals surface area (Å²) in [6.45, 7) is 6.99. The number of nitrogens with one attached hydrogen (secondary N) is 1. The van der Waals surface area contributed by atoms with Gasteiger partial charge < -0.3 is 15.8 Å². The monoisotopic (exact) mass is 270 g/mol. The zero-order valence-corrected chi connectivity index (χ0v) is 12.5. The molecule has 1 aliphatic rings. The number of hydrogen-bond donors (Lipinski definition) is 2. The molecule has 0 aliphatic heterocycles. The minimum Gasteiger partial charge on any atom is -0.379 e. The summed E-state index contributed by atoms with van der Waals surface area (Å²) in [4.78, 5) is 12.0. The van der Waals surface area contributed by atoms with E-state index >= 15 is 0 Å². The van der Waals surface area contributed by atoms with Gasteiger partial charge in [-0.05, 0) is 37.6 Å². The fourth-order valence-corrected chi connectivity index (χ4v) is 2.74. The Kier molecular flexibility index (Phi) is 8.07. The van der Waals surface area contributed by atoms with Crippen LogP contribution in [0.25, 0.3) is 0 Å². The Morgan fingerprint density at radius 1 is 1.42 bits per heavy atom. The van der Waals surface area contributed by atoms with Crippen molar-refractivity contribution in [1.82, 2.24) is 5.32 Å². The van der Waals surface area contributed by atoms with Gasteiger partial charge in [0.25, 0.3) is 0 Å². The normalized spacial score (nSPS) is 23.6. The number of amides is 1. The van der Waals surface area contributed by atoms with Gasteiger partial charge in [0, 0.05) is 19.1 Å². The Labute approximate surface area is 117 Å². The second-order valence-electron chi connectivity index (χ2n) is 6.07. The Hall–Kier alpha value is -0.610. The van der Waals surface area contributed by atoms with Gasteiger partial charge in [-0.2, -0.15) is 0 Å². The molecular formula is C15H30N2O2. The SMILES string of the molecule is CC(C)COCCNC(=O)C1CCCC(CCN)C1. The van der Waals surface area contributed by atoms with Crippen molar-refractivity contribution in [2.24, 2.45) is 23.5 Å². The third-order valence-electron chi connectivity index (χ3n) is 3.73. The molecule has 0 aromatic carbocycles. The molecule has 0 radical (unpaired) electrons. The molecule has 0 saturated heterocycles. The summed E-state index contributed by atoms with van der Waals surface area (Å²) in [5.41, 5.74) is 5.60. The highest BCUT2D eigenvalue weighted by molar-refractivity contribution is 5.78. The molecule has 0 heterocycles. The van der Waals surface area contributed by atoms with Crippen LogP contribution in [0.3, 0.4) is 0 Å². The second-order valence-corrected chi connectivity index (χ2v) is 6.07. The summed E-state index contributed by atoms with van der Waals surface area (Å²) in [6.07, 6.45) is 5.49. The molecule has 0 bridgehead atoms. The van der Waals surface area contributed by atoms with Crippen LogP contribution in [-0.4, -0.2) is 32.2 Å². The van der Waals surface area contributed by atoms with E-state index in [-0.39, 0.29) is 11.8 Å². The molecule has 112 valence electrons. The standard InChI is InChI=1S/C15H30N2O2/c1-12(2)11-19-9-8-17-15(18)14-5-3-4-13(10-14)6-7-16/h12-14H,3-11,16H2,1-2H3,(H,17,18). The molecule has 19 heavy (non-hydrogen) atoms. The molecule has 0 spiro atoms. The van der Waals surface area contributed by atoms with Crippen LogP contribution in [0.4, 0.5) is 0 Å². The minimum absolute atomic E-state index is 0.190. The molecule has 4 heteroatoms. The average molecular weight is 270 g/mol. The van der Waals surface area contributed by atoms with Crippen LogP contribution in [0, 0.1) is 17.8 Å². The Bertz CT molecular complexity index is 255. The third kappa shape index (κ3) is 6.92. The van der Waals surface area contributed by atoms with E-state index in [2.05, 4.69) is 19.2 Å². The van der Waals surface area contributed by atoms with E-state index in [1.807, 2.05) is 0 Å². The number of hydrogen-bond acceptors (Lipinski definition) is 3. The number of ether oxygens (including phenoxy) is 1. The smallest absolute Gasteiger partial charge is 0.223 e. The van der Waals surface area contributed by atoms with Crippen molar-refractivity contribution in [3.63, 3.8) is 0 Å². The summed E-state index contributed by atoms with van der Waals surface area (Å²) in [5.74, 6) is 1.59. The van der Waals surface area contributed by atoms with Crippen LogP contribution in [0.15, 0.2) is 0 Å². The van der Waals surface area contributed by atoms with Gasteiger partial charge in [0.15, 0.2) is 0 Å².